The van der Waals surface area contributed by atoms with Gasteiger partial charge in [-0.05, 0) is 48.0 Å². The van der Waals surface area contributed by atoms with Crippen LogP contribution in [-0.2, 0) is 4.43 Å². The van der Waals surface area contributed by atoms with Gasteiger partial charge in [0.25, 0.3) is 8.32 Å². The van der Waals surface area contributed by atoms with Crippen LogP contribution in [0.3, 0.4) is 0 Å². The quantitative estimate of drug-likeness (QED) is 0.289. The van der Waals surface area contributed by atoms with Crippen molar-refractivity contribution in [2.45, 2.75) is 58.7 Å². The SMILES string of the molecule is C=CC/C(CC)=C(/O[Si](CC)(CC)CC)c1cccs1. The fourth-order valence-electron chi connectivity index (χ4n) is 2.46. The van der Waals surface area contributed by atoms with E-state index in [2.05, 4.69) is 51.8 Å². The van der Waals surface area contributed by atoms with Crippen molar-refractivity contribution in [1.82, 2.24) is 0 Å². The van der Waals surface area contributed by atoms with Gasteiger partial charge in [-0.25, -0.2) is 0 Å². The Morgan fingerprint density at radius 2 is 1.90 bits per heavy atom. The normalized spacial score (nSPS) is 13.0. The molecule has 1 aromatic rings. The summed E-state index contributed by atoms with van der Waals surface area (Å²) in [6, 6.07) is 7.83. The molecule has 0 saturated heterocycles. The Morgan fingerprint density at radius 1 is 1.25 bits per heavy atom. The van der Waals surface area contributed by atoms with Gasteiger partial charge in [0.15, 0.2) is 0 Å². The monoisotopic (exact) mass is 308 g/mol. The molecule has 112 valence electrons. The van der Waals surface area contributed by atoms with Crippen molar-refractivity contribution >= 4 is 25.4 Å². The summed E-state index contributed by atoms with van der Waals surface area (Å²) in [7, 11) is -1.63. The molecule has 0 aliphatic rings. The smallest absolute Gasteiger partial charge is 0.250 e. The van der Waals surface area contributed by atoms with Crippen LogP contribution in [0.2, 0.25) is 18.1 Å². The molecule has 20 heavy (non-hydrogen) atoms. The Hall–Kier alpha value is -0.803. The summed E-state index contributed by atoms with van der Waals surface area (Å²) in [5, 5.41) is 2.13. The molecule has 0 fully saturated rings. The molecule has 0 aliphatic heterocycles. The van der Waals surface area contributed by atoms with E-state index in [1.807, 2.05) is 6.08 Å². The van der Waals surface area contributed by atoms with Gasteiger partial charge in [-0.1, -0.05) is 39.8 Å². The first-order valence-electron chi connectivity index (χ1n) is 7.72. The zero-order chi connectivity index (χ0) is 15.0. The van der Waals surface area contributed by atoms with E-state index < -0.39 is 8.32 Å². The number of allylic oxidation sites excluding steroid dienone is 2. The van der Waals surface area contributed by atoms with Gasteiger partial charge in [0.2, 0.25) is 0 Å². The molecule has 3 heteroatoms. The van der Waals surface area contributed by atoms with E-state index in [1.165, 1.54) is 28.6 Å². The van der Waals surface area contributed by atoms with Crippen molar-refractivity contribution < 1.29 is 4.43 Å². The molecule has 0 radical (unpaired) electrons. The second kappa shape index (κ2) is 8.48. The molecule has 0 saturated carbocycles. The first-order chi connectivity index (χ1) is 9.66. The van der Waals surface area contributed by atoms with Gasteiger partial charge < -0.3 is 4.43 Å². The Kier molecular flexibility index (Phi) is 7.31. The standard InChI is InChI=1S/C17H28OSSi/c1-6-12-15(7-2)17(16-13-11-14-19-16)18-20(8-3,9-4)10-5/h6,11,13-14H,1,7-10,12H2,2-5H3/b17-15+. The van der Waals surface area contributed by atoms with Crippen LogP contribution in [0.5, 0.6) is 0 Å². The maximum absolute atomic E-state index is 6.72. The second-order valence-electron chi connectivity index (χ2n) is 5.10. The molecule has 0 atom stereocenters. The lowest BCUT2D eigenvalue weighted by atomic mass is 10.1. The van der Waals surface area contributed by atoms with Crippen molar-refractivity contribution in [3.63, 3.8) is 0 Å². The van der Waals surface area contributed by atoms with Gasteiger partial charge in [-0.3, -0.25) is 0 Å². The van der Waals surface area contributed by atoms with E-state index in [4.69, 9.17) is 4.43 Å². The van der Waals surface area contributed by atoms with E-state index in [0.717, 1.165) is 18.6 Å². The zero-order valence-electron chi connectivity index (χ0n) is 13.4. The van der Waals surface area contributed by atoms with Crippen LogP contribution < -0.4 is 0 Å². The molecule has 0 spiro atoms. The number of hydrogen-bond acceptors (Lipinski definition) is 2. The Balaban J connectivity index is 3.21. The van der Waals surface area contributed by atoms with E-state index in [-0.39, 0.29) is 0 Å². The molecule has 1 nitrogen and oxygen atoms in total. The van der Waals surface area contributed by atoms with Crippen LogP contribution in [-0.4, -0.2) is 8.32 Å². The third-order valence-electron chi connectivity index (χ3n) is 4.14. The maximum atomic E-state index is 6.72. The van der Waals surface area contributed by atoms with Crippen molar-refractivity contribution in [2.75, 3.05) is 0 Å². The number of thiophene rings is 1. The summed E-state index contributed by atoms with van der Waals surface area (Å²) in [6.07, 6.45) is 3.94. The zero-order valence-corrected chi connectivity index (χ0v) is 15.2. The topological polar surface area (TPSA) is 9.23 Å². The van der Waals surface area contributed by atoms with Gasteiger partial charge in [-0.2, -0.15) is 0 Å². The summed E-state index contributed by atoms with van der Waals surface area (Å²) >= 11 is 1.78. The molecular formula is C17H28OSSi. The highest BCUT2D eigenvalue weighted by Crippen LogP contribution is 2.34. The molecule has 0 aliphatic carbocycles. The lowest BCUT2D eigenvalue weighted by Gasteiger charge is -2.31. The first kappa shape index (κ1) is 17.2. The number of rotatable bonds is 9. The molecule has 0 N–H and O–H groups in total. The molecule has 0 unspecified atom stereocenters. The van der Waals surface area contributed by atoms with E-state index in [1.54, 1.807) is 11.3 Å². The van der Waals surface area contributed by atoms with E-state index in [0.29, 0.717) is 0 Å². The van der Waals surface area contributed by atoms with Gasteiger partial charge >= 0.3 is 0 Å². The average Bonchev–Trinajstić information content (AvgIpc) is 3.01. The van der Waals surface area contributed by atoms with Crippen molar-refractivity contribution in [3.8, 4) is 0 Å². The van der Waals surface area contributed by atoms with Crippen molar-refractivity contribution in [3.05, 3.63) is 40.6 Å². The van der Waals surface area contributed by atoms with Crippen LogP contribution in [0.4, 0.5) is 0 Å². The van der Waals surface area contributed by atoms with Gasteiger partial charge in [-0.15, -0.1) is 17.9 Å². The molecule has 1 aromatic heterocycles. The third-order valence-corrected chi connectivity index (χ3v) is 9.51. The molecular weight excluding hydrogens is 280 g/mol. The molecule has 1 heterocycles. The van der Waals surface area contributed by atoms with E-state index in [9.17, 15) is 0 Å². The molecule has 0 bridgehead atoms. The predicted octanol–water partition coefficient (Wildman–Crippen LogP) is 6.47. The van der Waals surface area contributed by atoms with Crippen LogP contribution in [0.15, 0.2) is 35.7 Å². The molecule has 0 aromatic carbocycles. The van der Waals surface area contributed by atoms with Crippen LogP contribution in [0.1, 0.15) is 45.4 Å². The van der Waals surface area contributed by atoms with Gasteiger partial charge in [0.05, 0.1) is 4.88 Å². The lowest BCUT2D eigenvalue weighted by molar-refractivity contribution is 0.485. The minimum atomic E-state index is -1.63. The van der Waals surface area contributed by atoms with Gasteiger partial charge in [0.1, 0.15) is 5.76 Å². The minimum Gasteiger partial charge on any atom is -0.543 e. The Bertz CT molecular complexity index is 422. The lowest BCUT2D eigenvalue weighted by Crippen LogP contribution is -2.35. The summed E-state index contributed by atoms with van der Waals surface area (Å²) in [6.45, 7) is 13.0. The van der Waals surface area contributed by atoms with Gasteiger partial charge in [0, 0.05) is 0 Å². The predicted molar refractivity (Wildman–Crippen MR) is 94.6 cm³/mol. The highest BCUT2D eigenvalue weighted by molar-refractivity contribution is 7.11. The maximum Gasteiger partial charge on any atom is 0.250 e. The minimum absolute atomic E-state index is 0.922. The van der Waals surface area contributed by atoms with E-state index >= 15 is 0 Å². The molecule has 1 rings (SSSR count). The van der Waals surface area contributed by atoms with Crippen LogP contribution in [0, 0.1) is 0 Å². The first-order valence-corrected chi connectivity index (χ1v) is 11.1. The average molecular weight is 309 g/mol. The molecule has 0 amide bonds. The van der Waals surface area contributed by atoms with Crippen LogP contribution in [0.25, 0.3) is 5.76 Å². The van der Waals surface area contributed by atoms with Crippen molar-refractivity contribution in [1.29, 1.82) is 0 Å². The Labute approximate surface area is 129 Å². The summed E-state index contributed by atoms with van der Waals surface area (Å²) in [4.78, 5) is 1.27. The summed E-state index contributed by atoms with van der Waals surface area (Å²) in [5.41, 5.74) is 1.38. The Morgan fingerprint density at radius 3 is 2.30 bits per heavy atom. The summed E-state index contributed by atoms with van der Waals surface area (Å²) < 4.78 is 6.72. The van der Waals surface area contributed by atoms with Crippen molar-refractivity contribution in [2.24, 2.45) is 0 Å². The largest absolute Gasteiger partial charge is 0.543 e. The third kappa shape index (κ3) is 4.09. The fraction of sp³-hybridized carbons (Fsp3) is 0.529. The highest BCUT2D eigenvalue weighted by atomic mass is 32.1. The fourth-order valence-corrected chi connectivity index (χ4v) is 5.91. The second-order valence-corrected chi connectivity index (χ2v) is 10.7. The highest BCUT2D eigenvalue weighted by Gasteiger charge is 2.32. The van der Waals surface area contributed by atoms with Crippen LogP contribution >= 0.6 is 11.3 Å². The summed E-state index contributed by atoms with van der Waals surface area (Å²) in [5.74, 6) is 1.15. The number of hydrogen-bond donors (Lipinski definition) is 0.